The van der Waals surface area contributed by atoms with Gasteiger partial charge in [-0.2, -0.15) is 0 Å². The number of nitrogens with one attached hydrogen (secondary N) is 1. The van der Waals surface area contributed by atoms with Gasteiger partial charge in [-0.1, -0.05) is 0 Å². The summed E-state index contributed by atoms with van der Waals surface area (Å²) >= 11 is 3.73. The average Bonchev–Trinajstić information content (AvgIpc) is 2.04. The van der Waals surface area contributed by atoms with Gasteiger partial charge in [-0.25, -0.2) is 9.97 Å². The quantitative estimate of drug-likeness (QED) is 0.717. The van der Waals surface area contributed by atoms with Crippen LogP contribution in [-0.4, -0.2) is 21.6 Å². The Morgan fingerprint density at radius 2 is 2.38 bits per heavy atom. The van der Waals surface area contributed by atoms with Crippen molar-refractivity contribution >= 4 is 23.6 Å². The molecule has 0 atom stereocenters. The lowest BCUT2D eigenvalue weighted by Gasteiger charge is -2.06. The SMILES string of the molecule is CCNc1nc(C)ncc1C(=O)S. The Hall–Kier alpha value is -1.10. The molecular weight excluding hydrogens is 186 g/mol. The zero-order valence-electron chi connectivity index (χ0n) is 7.53. The van der Waals surface area contributed by atoms with Gasteiger partial charge in [0, 0.05) is 12.7 Å². The number of rotatable bonds is 3. The van der Waals surface area contributed by atoms with Crippen molar-refractivity contribution in [1.82, 2.24) is 9.97 Å². The summed E-state index contributed by atoms with van der Waals surface area (Å²) in [5.74, 6) is 1.18. The molecule has 1 heterocycles. The third-order valence-electron chi connectivity index (χ3n) is 1.48. The predicted molar refractivity (Wildman–Crippen MR) is 54.2 cm³/mol. The number of hydrogen-bond donors (Lipinski definition) is 2. The molecule has 0 aliphatic carbocycles. The van der Waals surface area contributed by atoms with Gasteiger partial charge < -0.3 is 5.32 Å². The van der Waals surface area contributed by atoms with Gasteiger partial charge in [0.05, 0.1) is 5.56 Å². The van der Waals surface area contributed by atoms with Crippen LogP contribution < -0.4 is 5.32 Å². The maximum atomic E-state index is 11.0. The van der Waals surface area contributed by atoms with Crippen LogP contribution in [0.1, 0.15) is 23.1 Å². The minimum Gasteiger partial charge on any atom is -0.370 e. The smallest absolute Gasteiger partial charge is 0.221 e. The van der Waals surface area contributed by atoms with E-state index in [4.69, 9.17) is 0 Å². The van der Waals surface area contributed by atoms with Gasteiger partial charge >= 0.3 is 0 Å². The van der Waals surface area contributed by atoms with Crippen LogP contribution in [0, 0.1) is 6.92 Å². The van der Waals surface area contributed by atoms with Crippen molar-refractivity contribution in [2.24, 2.45) is 0 Å². The first-order valence-corrected chi connectivity index (χ1v) is 4.40. The second-order valence-electron chi connectivity index (χ2n) is 2.51. The van der Waals surface area contributed by atoms with E-state index in [1.54, 1.807) is 6.92 Å². The van der Waals surface area contributed by atoms with Gasteiger partial charge in [0.1, 0.15) is 11.6 Å². The molecule has 0 radical (unpaired) electrons. The predicted octanol–water partition coefficient (Wildman–Crippen LogP) is 1.29. The van der Waals surface area contributed by atoms with Gasteiger partial charge in [-0.3, -0.25) is 4.79 Å². The van der Waals surface area contributed by atoms with Crippen LogP contribution in [0.2, 0.25) is 0 Å². The van der Waals surface area contributed by atoms with Crippen molar-refractivity contribution in [3.63, 3.8) is 0 Å². The summed E-state index contributed by atoms with van der Waals surface area (Å²) in [4.78, 5) is 19.0. The molecule has 0 fully saturated rings. The average molecular weight is 197 g/mol. The Kier molecular flexibility index (Phi) is 3.25. The van der Waals surface area contributed by atoms with Crippen molar-refractivity contribution in [3.8, 4) is 0 Å². The second kappa shape index (κ2) is 4.23. The molecular formula is C8H11N3OS. The maximum Gasteiger partial charge on any atom is 0.221 e. The van der Waals surface area contributed by atoms with Crippen LogP contribution in [0.25, 0.3) is 0 Å². The molecule has 1 rings (SSSR count). The standard InChI is InChI=1S/C8H11N3OS/c1-3-9-7-6(8(12)13)4-10-5(2)11-7/h4H,3H2,1-2H3,(H,12,13)(H,9,10,11). The highest BCUT2D eigenvalue weighted by Gasteiger charge is 2.09. The first-order chi connectivity index (χ1) is 6.15. The number of aromatic nitrogens is 2. The zero-order valence-corrected chi connectivity index (χ0v) is 8.43. The Labute approximate surface area is 82.2 Å². The van der Waals surface area contributed by atoms with Crippen molar-refractivity contribution in [2.75, 3.05) is 11.9 Å². The molecule has 5 heteroatoms. The third kappa shape index (κ3) is 2.42. The molecule has 0 saturated carbocycles. The van der Waals surface area contributed by atoms with E-state index in [2.05, 4.69) is 27.9 Å². The van der Waals surface area contributed by atoms with Gasteiger partial charge in [0.25, 0.3) is 0 Å². The molecule has 0 aromatic carbocycles. The molecule has 0 aliphatic rings. The summed E-state index contributed by atoms with van der Waals surface area (Å²) in [6, 6.07) is 0. The Morgan fingerprint density at radius 1 is 1.69 bits per heavy atom. The van der Waals surface area contributed by atoms with E-state index >= 15 is 0 Å². The Morgan fingerprint density at radius 3 is 2.92 bits per heavy atom. The molecule has 70 valence electrons. The van der Waals surface area contributed by atoms with Gasteiger partial charge in [0.2, 0.25) is 5.12 Å². The first kappa shape index (κ1) is 9.98. The molecule has 0 spiro atoms. The molecule has 1 aromatic heterocycles. The van der Waals surface area contributed by atoms with E-state index in [1.165, 1.54) is 6.20 Å². The number of hydrogen-bond acceptors (Lipinski definition) is 4. The fourth-order valence-corrected chi connectivity index (χ4v) is 1.09. The number of anilines is 1. The minimum absolute atomic E-state index is 0.323. The highest BCUT2D eigenvalue weighted by molar-refractivity contribution is 7.97. The second-order valence-corrected chi connectivity index (χ2v) is 2.92. The van der Waals surface area contributed by atoms with Gasteiger partial charge in [0.15, 0.2) is 0 Å². The largest absolute Gasteiger partial charge is 0.370 e. The summed E-state index contributed by atoms with van der Waals surface area (Å²) in [6.07, 6.45) is 1.48. The van der Waals surface area contributed by atoms with E-state index in [1.807, 2.05) is 6.92 Å². The minimum atomic E-state index is -0.323. The van der Waals surface area contributed by atoms with E-state index in [0.29, 0.717) is 23.8 Å². The highest BCUT2D eigenvalue weighted by Crippen LogP contribution is 2.13. The molecule has 13 heavy (non-hydrogen) atoms. The van der Waals surface area contributed by atoms with Crippen molar-refractivity contribution < 1.29 is 4.79 Å². The maximum absolute atomic E-state index is 11.0. The first-order valence-electron chi connectivity index (χ1n) is 3.96. The van der Waals surface area contributed by atoms with Crippen LogP contribution in [0.15, 0.2) is 6.20 Å². The lowest BCUT2D eigenvalue weighted by atomic mass is 10.3. The molecule has 0 amide bonds. The van der Waals surface area contributed by atoms with E-state index in [-0.39, 0.29) is 5.12 Å². The van der Waals surface area contributed by atoms with Crippen molar-refractivity contribution in [3.05, 3.63) is 17.6 Å². The summed E-state index contributed by atoms with van der Waals surface area (Å²) < 4.78 is 0. The van der Waals surface area contributed by atoms with Crippen LogP contribution >= 0.6 is 12.6 Å². The van der Waals surface area contributed by atoms with E-state index in [0.717, 1.165) is 0 Å². The third-order valence-corrected chi connectivity index (χ3v) is 1.72. The number of thiol groups is 1. The number of carbonyl (C=O) groups excluding carboxylic acids is 1. The summed E-state index contributed by atoms with van der Waals surface area (Å²) in [5.41, 5.74) is 0.413. The molecule has 0 aliphatic heterocycles. The van der Waals surface area contributed by atoms with Crippen LogP contribution in [0.4, 0.5) is 5.82 Å². The van der Waals surface area contributed by atoms with Crippen LogP contribution in [0.5, 0.6) is 0 Å². The van der Waals surface area contributed by atoms with Crippen molar-refractivity contribution in [1.29, 1.82) is 0 Å². The zero-order chi connectivity index (χ0) is 9.84. The monoisotopic (exact) mass is 197 g/mol. The van der Waals surface area contributed by atoms with Crippen LogP contribution in [-0.2, 0) is 0 Å². The molecule has 0 saturated heterocycles. The Balaban J connectivity index is 3.10. The molecule has 1 N–H and O–H groups in total. The highest BCUT2D eigenvalue weighted by atomic mass is 32.1. The lowest BCUT2D eigenvalue weighted by Crippen LogP contribution is -2.07. The topological polar surface area (TPSA) is 54.9 Å². The number of carbonyl (C=O) groups is 1. The fourth-order valence-electron chi connectivity index (χ4n) is 0.929. The van der Waals surface area contributed by atoms with E-state index in [9.17, 15) is 4.79 Å². The number of nitrogens with zero attached hydrogens (tertiary/aromatic N) is 2. The van der Waals surface area contributed by atoms with Gasteiger partial charge in [-0.15, -0.1) is 12.6 Å². The fraction of sp³-hybridized carbons (Fsp3) is 0.375. The summed E-state index contributed by atoms with van der Waals surface area (Å²) in [6.45, 7) is 4.42. The molecule has 1 aromatic rings. The Bertz CT molecular complexity index is 327. The van der Waals surface area contributed by atoms with Crippen LogP contribution in [0.3, 0.4) is 0 Å². The lowest BCUT2D eigenvalue weighted by molar-refractivity contribution is 0.109. The summed E-state index contributed by atoms with van der Waals surface area (Å²) in [7, 11) is 0. The summed E-state index contributed by atoms with van der Waals surface area (Å²) in [5, 5.41) is 2.65. The molecule has 0 unspecified atom stereocenters. The van der Waals surface area contributed by atoms with Gasteiger partial charge in [-0.05, 0) is 13.8 Å². The van der Waals surface area contributed by atoms with Crippen molar-refractivity contribution in [2.45, 2.75) is 13.8 Å². The number of aryl methyl sites for hydroxylation is 1. The van der Waals surface area contributed by atoms with E-state index < -0.39 is 0 Å². The molecule has 4 nitrogen and oxygen atoms in total. The molecule has 0 bridgehead atoms. The normalized spacial score (nSPS) is 9.77.